The summed E-state index contributed by atoms with van der Waals surface area (Å²) in [5.74, 6) is 2.78. The van der Waals surface area contributed by atoms with Crippen molar-refractivity contribution in [1.29, 1.82) is 0 Å². The van der Waals surface area contributed by atoms with Crippen molar-refractivity contribution >= 4 is 39.6 Å². The van der Waals surface area contributed by atoms with E-state index in [-0.39, 0.29) is 18.1 Å². The largest absolute Gasteiger partial charge is 0.484 e. The highest BCUT2D eigenvalue weighted by Gasteiger charge is 2.40. The molecular formula is C23H26N2O4S. The number of nitrogens with one attached hydrogen (secondary N) is 1. The molecule has 1 atom stereocenters. The van der Waals surface area contributed by atoms with Crippen LogP contribution in [0.1, 0.15) is 6.42 Å². The molecule has 2 fully saturated rings. The molecule has 2 aliphatic heterocycles. The number of benzene rings is 2. The van der Waals surface area contributed by atoms with Gasteiger partial charge in [-0.05, 0) is 36.4 Å². The number of hydrogen-bond acceptors (Lipinski definition) is 6. The maximum atomic E-state index is 12.5. The lowest BCUT2D eigenvalue weighted by atomic mass is 9.95. The highest BCUT2D eigenvalue weighted by molar-refractivity contribution is 7.99. The molecule has 2 aromatic carbocycles. The number of morpholine rings is 1. The Kier molecular flexibility index (Phi) is 5.58. The predicted octanol–water partition coefficient (Wildman–Crippen LogP) is 3.29. The van der Waals surface area contributed by atoms with E-state index in [1.54, 1.807) is 0 Å². The molecular weight excluding hydrogens is 400 g/mol. The summed E-state index contributed by atoms with van der Waals surface area (Å²) >= 11 is 1.97. The number of para-hydroxylation sites is 1. The van der Waals surface area contributed by atoms with Gasteiger partial charge in [-0.15, -0.1) is 0 Å². The van der Waals surface area contributed by atoms with Crippen LogP contribution in [0.15, 0.2) is 46.9 Å². The van der Waals surface area contributed by atoms with Gasteiger partial charge in [0.15, 0.2) is 6.61 Å². The van der Waals surface area contributed by atoms with Crippen LogP contribution in [0, 0.1) is 0 Å². The average molecular weight is 427 g/mol. The SMILES string of the molecule is O=C(COc1ccc2oc3ccccc3c2c1)NC[C@@]1(N2CCOCC2)CCSC1. The van der Waals surface area contributed by atoms with Gasteiger partial charge in [0.05, 0.1) is 13.2 Å². The Morgan fingerprint density at radius 3 is 2.80 bits per heavy atom. The van der Waals surface area contributed by atoms with Crippen LogP contribution >= 0.6 is 11.8 Å². The van der Waals surface area contributed by atoms with Gasteiger partial charge in [0, 0.05) is 41.7 Å². The van der Waals surface area contributed by atoms with Crippen LogP contribution in [0.25, 0.3) is 21.9 Å². The summed E-state index contributed by atoms with van der Waals surface area (Å²) in [5.41, 5.74) is 1.71. The van der Waals surface area contributed by atoms with E-state index < -0.39 is 0 Å². The molecule has 0 radical (unpaired) electrons. The van der Waals surface area contributed by atoms with Gasteiger partial charge in [-0.3, -0.25) is 9.69 Å². The first-order chi connectivity index (χ1) is 14.7. The van der Waals surface area contributed by atoms with Gasteiger partial charge >= 0.3 is 0 Å². The van der Waals surface area contributed by atoms with Crippen molar-refractivity contribution < 1.29 is 18.7 Å². The van der Waals surface area contributed by atoms with E-state index >= 15 is 0 Å². The minimum atomic E-state index is -0.0864. The van der Waals surface area contributed by atoms with Crippen LogP contribution in [0.4, 0.5) is 0 Å². The summed E-state index contributed by atoms with van der Waals surface area (Å²) in [6.07, 6.45) is 1.10. The number of furan rings is 1. The van der Waals surface area contributed by atoms with Gasteiger partial charge in [0.25, 0.3) is 5.91 Å². The Bertz CT molecular complexity index is 1040. The monoisotopic (exact) mass is 426 g/mol. The molecule has 1 aromatic heterocycles. The molecule has 3 aromatic rings. The molecule has 0 bridgehead atoms. The summed E-state index contributed by atoms with van der Waals surface area (Å²) in [5, 5.41) is 5.16. The van der Waals surface area contributed by atoms with Gasteiger partial charge in [0.1, 0.15) is 16.9 Å². The number of nitrogens with zero attached hydrogens (tertiary/aromatic N) is 1. The summed E-state index contributed by atoms with van der Waals surface area (Å²) < 4.78 is 17.1. The van der Waals surface area contributed by atoms with Gasteiger partial charge in [-0.1, -0.05) is 18.2 Å². The van der Waals surface area contributed by atoms with Crippen molar-refractivity contribution in [2.24, 2.45) is 0 Å². The van der Waals surface area contributed by atoms with Crippen molar-refractivity contribution in [1.82, 2.24) is 10.2 Å². The lowest BCUT2D eigenvalue weighted by Gasteiger charge is -2.43. The second-order valence-corrected chi connectivity index (χ2v) is 9.05. The third-order valence-corrected chi connectivity index (χ3v) is 7.33. The Hall–Kier alpha value is -2.22. The highest BCUT2D eigenvalue weighted by Crippen LogP contribution is 2.34. The molecule has 6 nitrogen and oxygen atoms in total. The molecule has 158 valence electrons. The molecule has 1 amide bonds. The first-order valence-corrected chi connectivity index (χ1v) is 11.6. The lowest BCUT2D eigenvalue weighted by molar-refractivity contribution is -0.123. The number of thioether (sulfide) groups is 1. The van der Waals surface area contributed by atoms with Gasteiger partial charge in [-0.2, -0.15) is 11.8 Å². The van der Waals surface area contributed by atoms with Crippen LogP contribution < -0.4 is 10.1 Å². The Balaban J connectivity index is 1.21. The molecule has 2 saturated heterocycles. The Morgan fingerprint density at radius 1 is 1.13 bits per heavy atom. The summed E-state index contributed by atoms with van der Waals surface area (Å²) in [7, 11) is 0. The number of carbonyl (C=O) groups is 1. The average Bonchev–Trinajstić information content (AvgIpc) is 3.42. The molecule has 3 heterocycles. The van der Waals surface area contributed by atoms with Gasteiger partial charge in [0.2, 0.25) is 0 Å². The van der Waals surface area contributed by atoms with Crippen LogP contribution in [0.3, 0.4) is 0 Å². The first kappa shape index (κ1) is 19.7. The number of ether oxygens (including phenoxy) is 2. The van der Waals surface area contributed by atoms with Crippen molar-refractivity contribution in [2.75, 3.05) is 51.0 Å². The van der Waals surface area contributed by atoms with Crippen LogP contribution in [0.5, 0.6) is 5.75 Å². The fourth-order valence-electron chi connectivity index (χ4n) is 4.39. The third-order valence-electron chi connectivity index (χ3n) is 6.10. The zero-order chi connectivity index (χ0) is 20.4. The quantitative estimate of drug-likeness (QED) is 0.653. The minimum absolute atomic E-state index is 0.00756. The van der Waals surface area contributed by atoms with E-state index in [0.29, 0.717) is 12.3 Å². The second kappa shape index (κ2) is 8.49. The zero-order valence-electron chi connectivity index (χ0n) is 16.9. The lowest BCUT2D eigenvalue weighted by Crippen LogP contribution is -2.59. The molecule has 7 heteroatoms. The Morgan fingerprint density at radius 2 is 1.97 bits per heavy atom. The first-order valence-electron chi connectivity index (χ1n) is 10.4. The standard InChI is InChI=1S/C23H26N2O4S/c26-22(24-15-23(7-12-30-16-23)25-8-10-27-11-9-25)14-28-17-5-6-21-19(13-17)18-3-1-2-4-20(18)29-21/h1-6,13H,7-12,14-16H2,(H,24,26)/t23-/m0/s1. The third kappa shape index (κ3) is 3.89. The van der Waals surface area contributed by atoms with Crippen molar-refractivity contribution in [3.63, 3.8) is 0 Å². The number of hydrogen-bond donors (Lipinski definition) is 1. The van der Waals surface area contributed by atoms with Crippen LogP contribution in [0.2, 0.25) is 0 Å². The van der Waals surface area contributed by atoms with Crippen molar-refractivity contribution in [3.05, 3.63) is 42.5 Å². The van der Waals surface area contributed by atoms with E-state index in [4.69, 9.17) is 13.9 Å². The van der Waals surface area contributed by atoms with E-state index in [9.17, 15) is 4.79 Å². The van der Waals surface area contributed by atoms with Crippen LogP contribution in [-0.2, 0) is 9.53 Å². The molecule has 0 unspecified atom stereocenters. The summed E-state index contributed by atoms with van der Waals surface area (Å²) in [6.45, 7) is 4.09. The van der Waals surface area contributed by atoms with E-state index in [0.717, 1.165) is 66.2 Å². The molecule has 1 N–H and O–H groups in total. The molecule has 0 aliphatic carbocycles. The number of amides is 1. The smallest absolute Gasteiger partial charge is 0.258 e. The van der Waals surface area contributed by atoms with Crippen LogP contribution in [-0.4, -0.2) is 67.3 Å². The number of rotatable bonds is 6. The van der Waals surface area contributed by atoms with E-state index in [2.05, 4.69) is 10.2 Å². The van der Waals surface area contributed by atoms with E-state index in [1.165, 1.54) is 0 Å². The highest BCUT2D eigenvalue weighted by atomic mass is 32.2. The summed E-state index contributed by atoms with van der Waals surface area (Å²) in [6, 6.07) is 13.6. The van der Waals surface area contributed by atoms with Gasteiger partial charge < -0.3 is 19.2 Å². The summed E-state index contributed by atoms with van der Waals surface area (Å²) in [4.78, 5) is 15.0. The molecule has 2 aliphatic rings. The number of carbonyl (C=O) groups excluding carboxylic acids is 1. The zero-order valence-corrected chi connectivity index (χ0v) is 17.7. The molecule has 0 saturated carbocycles. The molecule has 5 rings (SSSR count). The second-order valence-electron chi connectivity index (χ2n) is 7.95. The molecule has 0 spiro atoms. The number of fused-ring (bicyclic) bond motifs is 3. The Labute approximate surface area is 179 Å². The fourth-order valence-corrected chi connectivity index (χ4v) is 5.87. The normalized spacial score (nSPS) is 22.5. The van der Waals surface area contributed by atoms with Crippen molar-refractivity contribution in [2.45, 2.75) is 12.0 Å². The maximum Gasteiger partial charge on any atom is 0.258 e. The predicted molar refractivity (Wildman–Crippen MR) is 119 cm³/mol. The van der Waals surface area contributed by atoms with E-state index in [1.807, 2.05) is 54.2 Å². The fraction of sp³-hybridized carbons (Fsp3) is 0.435. The minimum Gasteiger partial charge on any atom is -0.484 e. The maximum absolute atomic E-state index is 12.5. The van der Waals surface area contributed by atoms with Crippen molar-refractivity contribution in [3.8, 4) is 5.75 Å². The molecule has 30 heavy (non-hydrogen) atoms. The van der Waals surface area contributed by atoms with Gasteiger partial charge in [-0.25, -0.2) is 0 Å². The topological polar surface area (TPSA) is 63.9 Å².